The molecule has 0 saturated heterocycles. The number of fused-ring (bicyclic) bond motifs is 1. The van der Waals surface area contributed by atoms with Gasteiger partial charge in [0.2, 0.25) is 0 Å². The van der Waals surface area contributed by atoms with Crippen LogP contribution in [0.15, 0.2) is 30.0 Å². The van der Waals surface area contributed by atoms with Gasteiger partial charge in [0.25, 0.3) is 0 Å². The molecule has 2 amide bonds. The number of carbonyl (C=O) groups is 2. The molecule has 0 radical (unpaired) electrons. The number of benzene rings is 1. The van der Waals surface area contributed by atoms with Crippen molar-refractivity contribution in [2.75, 3.05) is 6.54 Å². The van der Waals surface area contributed by atoms with Gasteiger partial charge in [-0.3, -0.25) is 4.79 Å². The van der Waals surface area contributed by atoms with Gasteiger partial charge >= 0.3 is 12.0 Å². The summed E-state index contributed by atoms with van der Waals surface area (Å²) in [7, 11) is 0. The first-order valence-corrected chi connectivity index (χ1v) is 9.67. The molecular formula is C22H30N2O3. The highest BCUT2D eigenvalue weighted by Gasteiger charge is 2.40. The van der Waals surface area contributed by atoms with Gasteiger partial charge in [-0.25, -0.2) is 4.79 Å². The van der Waals surface area contributed by atoms with E-state index in [0.29, 0.717) is 0 Å². The summed E-state index contributed by atoms with van der Waals surface area (Å²) in [6.07, 6.45) is 3.91. The van der Waals surface area contributed by atoms with Gasteiger partial charge in [-0.1, -0.05) is 45.9 Å². The quantitative estimate of drug-likeness (QED) is 0.821. The van der Waals surface area contributed by atoms with E-state index in [1.807, 2.05) is 13.1 Å². The molecule has 0 saturated carbocycles. The molecule has 1 aromatic carbocycles. The Bertz CT molecular complexity index is 810. The fraction of sp³-hybridized carbons (Fsp3) is 0.545. The molecule has 2 aliphatic rings. The molecule has 1 aliphatic carbocycles. The zero-order chi connectivity index (χ0) is 20.0. The minimum Gasteiger partial charge on any atom is -0.481 e. The highest BCUT2D eigenvalue weighted by atomic mass is 16.4. The third-order valence-corrected chi connectivity index (χ3v) is 5.80. The van der Waals surface area contributed by atoms with Crippen molar-refractivity contribution in [3.05, 3.63) is 46.7 Å². The molecule has 0 fully saturated rings. The molecule has 0 bridgehead atoms. The summed E-state index contributed by atoms with van der Waals surface area (Å²) in [4.78, 5) is 25.1. The number of rotatable bonds is 5. The highest BCUT2D eigenvalue weighted by Crippen LogP contribution is 2.41. The van der Waals surface area contributed by atoms with Crippen LogP contribution in [0.1, 0.15) is 57.7 Å². The van der Waals surface area contributed by atoms with Crippen molar-refractivity contribution in [2.24, 2.45) is 11.3 Å². The topological polar surface area (TPSA) is 69.6 Å². The predicted molar refractivity (Wildman–Crippen MR) is 105 cm³/mol. The molecule has 0 unspecified atom stereocenters. The molecule has 27 heavy (non-hydrogen) atoms. The van der Waals surface area contributed by atoms with Crippen molar-refractivity contribution >= 4 is 12.0 Å². The second kappa shape index (κ2) is 6.70. The number of nitrogens with one attached hydrogen (secondary N) is 1. The van der Waals surface area contributed by atoms with Crippen LogP contribution in [0, 0.1) is 11.3 Å². The molecule has 1 heterocycles. The Hall–Kier alpha value is -2.30. The summed E-state index contributed by atoms with van der Waals surface area (Å²) in [6.45, 7) is 11.0. The molecule has 1 atom stereocenters. The van der Waals surface area contributed by atoms with Crippen LogP contribution >= 0.6 is 0 Å². The van der Waals surface area contributed by atoms with E-state index in [2.05, 4.69) is 51.2 Å². The van der Waals surface area contributed by atoms with Gasteiger partial charge in [-0.05, 0) is 53.4 Å². The van der Waals surface area contributed by atoms with Crippen LogP contribution in [0.4, 0.5) is 4.79 Å². The molecule has 1 aromatic rings. The van der Waals surface area contributed by atoms with Gasteiger partial charge in [0.1, 0.15) is 0 Å². The molecule has 0 aromatic heterocycles. The predicted octanol–water partition coefficient (Wildman–Crippen LogP) is 4.07. The first-order valence-electron chi connectivity index (χ1n) is 9.67. The van der Waals surface area contributed by atoms with E-state index < -0.39 is 11.5 Å². The lowest BCUT2D eigenvalue weighted by Crippen LogP contribution is -2.55. The van der Waals surface area contributed by atoms with Gasteiger partial charge in [0.15, 0.2) is 0 Å². The fourth-order valence-electron chi connectivity index (χ4n) is 4.43. The maximum Gasteiger partial charge on any atom is 0.322 e. The Morgan fingerprint density at radius 3 is 2.52 bits per heavy atom. The Kier molecular flexibility index (Phi) is 4.83. The van der Waals surface area contributed by atoms with Gasteiger partial charge in [-0.15, -0.1) is 0 Å². The number of amides is 2. The number of urea groups is 1. The largest absolute Gasteiger partial charge is 0.481 e. The molecule has 146 valence electrons. The summed E-state index contributed by atoms with van der Waals surface area (Å²) in [5.41, 5.74) is 4.63. The first kappa shape index (κ1) is 19.5. The summed E-state index contributed by atoms with van der Waals surface area (Å²) >= 11 is 0. The third kappa shape index (κ3) is 3.73. The molecule has 5 nitrogen and oxygen atoms in total. The van der Waals surface area contributed by atoms with Crippen LogP contribution in [-0.4, -0.2) is 28.6 Å². The fourth-order valence-corrected chi connectivity index (χ4v) is 4.43. The van der Waals surface area contributed by atoms with Crippen LogP contribution in [-0.2, 0) is 23.2 Å². The molecule has 3 rings (SSSR count). The average Bonchev–Trinajstić information content (AvgIpc) is 2.86. The van der Waals surface area contributed by atoms with Crippen LogP contribution in [0.25, 0.3) is 0 Å². The number of hydrogen-bond donors (Lipinski definition) is 2. The van der Waals surface area contributed by atoms with Crippen LogP contribution in [0.3, 0.4) is 0 Å². The van der Waals surface area contributed by atoms with Gasteiger partial charge in [0.05, 0.1) is 12.0 Å². The maximum atomic E-state index is 12.7. The summed E-state index contributed by atoms with van der Waals surface area (Å²) in [5.74, 6) is -0.690. The van der Waals surface area contributed by atoms with Crippen LogP contribution < -0.4 is 5.32 Å². The minimum absolute atomic E-state index is 0.0695. The maximum absolute atomic E-state index is 12.7. The zero-order valence-corrected chi connectivity index (χ0v) is 16.9. The Morgan fingerprint density at radius 2 is 1.89 bits per heavy atom. The number of carboxylic acid groups (broad SMARTS) is 1. The lowest BCUT2D eigenvalue weighted by atomic mass is 9.77. The Morgan fingerprint density at radius 1 is 1.22 bits per heavy atom. The molecule has 5 heteroatoms. The summed E-state index contributed by atoms with van der Waals surface area (Å²) in [6, 6.07) is 6.33. The van der Waals surface area contributed by atoms with Crippen LogP contribution in [0.5, 0.6) is 0 Å². The standard InChI is InChI=1S/C22H30N2O3/c1-14(2)18-13-24(9-8-19(25)26)20(27)23-22(18,5)17-7-6-15-11-21(3,4)12-16(15)10-17/h6-7,10,13-14H,8-9,11-12H2,1-5H3,(H,23,27)(H,25,26)/t22-/m0/s1. The summed E-state index contributed by atoms with van der Waals surface area (Å²) in [5, 5.41) is 12.1. The SMILES string of the molecule is CC(C)C1=CN(CCC(=O)O)C(=O)N[C@@]1(C)c1ccc2c(c1)CC(C)(C)C2. The molecular weight excluding hydrogens is 340 g/mol. The zero-order valence-electron chi connectivity index (χ0n) is 16.9. The number of carboxylic acids is 1. The van der Waals surface area contributed by atoms with Crippen LogP contribution in [0.2, 0.25) is 0 Å². The molecule has 0 spiro atoms. The van der Waals surface area contributed by atoms with E-state index in [0.717, 1.165) is 24.0 Å². The molecule has 2 N–H and O–H groups in total. The molecule has 1 aliphatic heterocycles. The first-order chi connectivity index (χ1) is 12.5. The monoisotopic (exact) mass is 370 g/mol. The third-order valence-electron chi connectivity index (χ3n) is 5.80. The Balaban J connectivity index is 1.98. The van der Waals surface area contributed by atoms with Crippen molar-refractivity contribution in [3.8, 4) is 0 Å². The number of nitrogens with zero attached hydrogens (tertiary/aromatic N) is 1. The lowest BCUT2D eigenvalue weighted by Gasteiger charge is -2.42. The average molecular weight is 370 g/mol. The smallest absolute Gasteiger partial charge is 0.322 e. The summed E-state index contributed by atoms with van der Waals surface area (Å²) < 4.78 is 0. The van der Waals surface area contributed by atoms with Gasteiger partial charge in [0, 0.05) is 12.7 Å². The number of hydrogen-bond acceptors (Lipinski definition) is 2. The highest BCUT2D eigenvalue weighted by molar-refractivity contribution is 5.80. The number of aliphatic carboxylic acids is 1. The van der Waals surface area contributed by atoms with E-state index in [4.69, 9.17) is 5.11 Å². The second-order valence-corrected chi connectivity index (χ2v) is 9.13. The van der Waals surface area contributed by atoms with Gasteiger partial charge in [-0.2, -0.15) is 0 Å². The Labute approximate surface area is 161 Å². The normalized spacial score (nSPS) is 23.9. The van der Waals surface area contributed by atoms with Crippen molar-refractivity contribution in [1.82, 2.24) is 10.2 Å². The van der Waals surface area contributed by atoms with E-state index in [9.17, 15) is 9.59 Å². The van der Waals surface area contributed by atoms with Gasteiger partial charge < -0.3 is 15.3 Å². The van der Waals surface area contributed by atoms with Crippen molar-refractivity contribution < 1.29 is 14.7 Å². The van der Waals surface area contributed by atoms with E-state index in [1.54, 1.807) is 0 Å². The second-order valence-electron chi connectivity index (χ2n) is 9.13. The van der Waals surface area contributed by atoms with Crippen molar-refractivity contribution in [1.29, 1.82) is 0 Å². The van der Waals surface area contributed by atoms with E-state index in [-0.39, 0.29) is 30.3 Å². The van der Waals surface area contributed by atoms with Crippen molar-refractivity contribution in [2.45, 2.75) is 59.4 Å². The number of carbonyl (C=O) groups excluding carboxylic acids is 1. The van der Waals surface area contributed by atoms with Crippen molar-refractivity contribution in [3.63, 3.8) is 0 Å². The minimum atomic E-state index is -0.906. The van der Waals surface area contributed by atoms with E-state index in [1.165, 1.54) is 16.0 Å². The van der Waals surface area contributed by atoms with E-state index >= 15 is 0 Å². The lowest BCUT2D eigenvalue weighted by molar-refractivity contribution is -0.137.